The van der Waals surface area contributed by atoms with E-state index >= 15 is 0 Å². The Morgan fingerprint density at radius 1 is 1.00 bits per heavy atom. The predicted octanol–water partition coefficient (Wildman–Crippen LogP) is 0.951. The van der Waals surface area contributed by atoms with E-state index in [-0.39, 0.29) is 6.61 Å². The second-order valence-corrected chi connectivity index (χ2v) is 6.75. The van der Waals surface area contributed by atoms with E-state index < -0.39 is 30.9 Å². The molecular weight excluding hydrogens is 371 g/mol. The van der Waals surface area contributed by atoms with E-state index in [4.69, 9.17) is 4.74 Å². The molecule has 0 heterocycles. The van der Waals surface area contributed by atoms with Crippen LogP contribution in [0.25, 0.3) is 0 Å². The lowest BCUT2D eigenvalue weighted by molar-refractivity contribution is -0.124. The van der Waals surface area contributed by atoms with Crippen molar-refractivity contribution in [2.45, 2.75) is 31.2 Å². The lowest BCUT2D eigenvalue weighted by atomic mass is 9.76. The van der Waals surface area contributed by atoms with Gasteiger partial charge in [0.15, 0.2) is 0 Å². The van der Waals surface area contributed by atoms with Gasteiger partial charge < -0.3 is 25.4 Å². The van der Waals surface area contributed by atoms with E-state index in [2.05, 4.69) is 10.6 Å². The van der Waals surface area contributed by atoms with Crippen molar-refractivity contribution in [3.05, 3.63) is 71.8 Å². The van der Waals surface area contributed by atoms with Crippen LogP contribution in [-0.2, 0) is 16.0 Å². The molecule has 0 fully saturated rings. The summed E-state index contributed by atoms with van der Waals surface area (Å²) in [6.07, 6.45) is 1.80. The average Bonchev–Trinajstić information content (AvgIpc) is 2.73. The van der Waals surface area contributed by atoms with Crippen molar-refractivity contribution < 1.29 is 24.4 Å². The second-order valence-electron chi connectivity index (χ2n) is 6.75. The number of carbonyl (C=O) groups excluding carboxylic acids is 2. The molecule has 154 valence electrons. The molecule has 0 aromatic heterocycles. The largest absolute Gasteiger partial charge is 0.475 e. The molecule has 0 spiro atoms. The molecule has 2 amide bonds. The smallest absolute Gasteiger partial charge is 0.426 e. The molecule has 2 rings (SSSR count). The van der Waals surface area contributed by atoms with Crippen LogP contribution in [0.3, 0.4) is 0 Å². The van der Waals surface area contributed by atoms with Crippen LogP contribution in [0, 0.1) is 0 Å². The van der Waals surface area contributed by atoms with E-state index in [1.165, 1.54) is 7.11 Å². The third kappa shape index (κ3) is 7.69. The molecule has 2 unspecified atom stereocenters. The van der Waals surface area contributed by atoms with Crippen molar-refractivity contribution in [2.24, 2.45) is 0 Å². The predicted molar refractivity (Wildman–Crippen MR) is 111 cm³/mol. The van der Waals surface area contributed by atoms with Crippen LogP contribution < -0.4 is 10.6 Å². The topological polar surface area (TPSA) is 108 Å². The summed E-state index contributed by atoms with van der Waals surface area (Å²) in [4.78, 5) is 25.0. The minimum Gasteiger partial charge on any atom is -0.426 e. The molecule has 0 saturated carbocycles. The number of methoxy groups -OCH3 is 1. The fourth-order valence-electron chi connectivity index (χ4n) is 2.93. The van der Waals surface area contributed by atoms with Gasteiger partial charge in [0.2, 0.25) is 5.91 Å². The summed E-state index contributed by atoms with van der Waals surface area (Å²) in [5.41, 5.74) is 1.56. The number of nitrogens with one attached hydrogen (secondary N) is 2. The molecule has 0 radical (unpaired) electrons. The number of carbonyl (C=O) groups is 2. The number of rotatable bonds is 11. The van der Waals surface area contributed by atoms with Gasteiger partial charge in [0.05, 0.1) is 12.5 Å². The molecule has 2 aromatic rings. The van der Waals surface area contributed by atoms with Crippen LogP contribution in [0.4, 0.5) is 0 Å². The highest BCUT2D eigenvalue weighted by molar-refractivity contribution is 6.43. The standard InChI is InChI=1S/C21H27BN2O5/c1-29-15-18(23-20(25)17-12-6-3-7-13-17)21(26)24-19(22(27)28)14-8-11-16-9-4-2-5-10-16/h2-7,9-10,12-13,18-19,27-28H,8,11,14-15H2,1H3,(H,23,25)(H,24,26). The summed E-state index contributed by atoms with van der Waals surface area (Å²) in [5.74, 6) is -1.79. The normalized spacial score (nSPS) is 12.7. The van der Waals surface area contributed by atoms with Gasteiger partial charge in [-0.15, -0.1) is 0 Å². The van der Waals surface area contributed by atoms with Crippen molar-refractivity contribution in [1.82, 2.24) is 10.6 Å². The number of ether oxygens (including phenoxy) is 1. The first-order valence-corrected chi connectivity index (χ1v) is 9.56. The molecule has 0 aliphatic rings. The number of benzene rings is 2. The summed E-state index contributed by atoms with van der Waals surface area (Å²) in [5, 5.41) is 24.5. The van der Waals surface area contributed by atoms with Gasteiger partial charge in [0.1, 0.15) is 6.04 Å². The lowest BCUT2D eigenvalue weighted by Gasteiger charge is -2.23. The van der Waals surface area contributed by atoms with Crippen molar-refractivity contribution in [1.29, 1.82) is 0 Å². The zero-order valence-electron chi connectivity index (χ0n) is 16.5. The van der Waals surface area contributed by atoms with E-state index in [1.807, 2.05) is 30.3 Å². The molecule has 7 nitrogen and oxygen atoms in total. The average molecular weight is 398 g/mol. The zero-order valence-corrected chi connectivity index (χ0v) is 16.5. The zero-order chi connectivity index (χ0) is 21.1. The van der Waals surface area contributed by atoms with E-state index in [0.717, 1.165) is 12.0 Å². The summed E-state index contributed by atoms with van der Waals surface area (Å²) in [6.45, 7) is -0.0390. The Morgan fingerprint density at radius 3 is 2.21 bits per heavy atom. The highest BCUT2D eigenvalue weighted by Crippen LogP contribution is 2.08. The number of amides is 2. The van der Waals surface area contributed by atoms with Gasteiger partial charge in [-0.25, -0.2) is 0 Å². The van der Waals surface area contributed by atoms with Gasteiger partial charge in [-0.05, 0) is 37.0 Å². The summed E-state index contributed by atoms with van der Waals surface area (Å²) < 4.78 is 5.04. The maximum atomic E-state index is 12.6. The summed E-state index contributed by atoms with van der Waals surface area (Å²) >= 11 is 0. The number of hydrogen-bond donors (Lipinski definition) is 4. The van der Waals surface area contributed by atoms with Crippen LogP contribution in [-0.4, -0.2) is 54.7 Å². The van der Waals surface area contributed by atoms with Gasteiger partial charge in [0, 0.05) is 12.7 Å². The first-order chi connectivity index (χ1) is 14.0. The van der Waals surface area contributed by atoms with Gasteiger partial charge in [-0.1, -0.05) is 48.5 Å². The van der Waals surface area contributed by atoms with Crippen LogP contribution in [0.5, 0.6) is 0 Å². The highest BCUT2D eigenvalue weighted by Gasteiger charge is 2.29. The minimum atomic E-state index is -1.71. The minimum absolute atomic E-state index is 0.0390. The summed E-state index contributed by atoms with van der Waals surface area (Å²) in [7, 11) is -0.282. The Bertz CT molecular complexity index is 758. The van der Waals surface area contributed by atoms with Gasteiger partial charge in [-0.3, -0.25) is 9.59 Å². The molecular formula is C21H27BN2O5. The maximum absolute atomic E-state index is 12.6. The molecule has 0 bridgehead atoms. The summed E-state index contributed by atoms with van der Waals surface area (Å²) in [6, 6.07) is 17.4. The van der Waals surface area contributed by atoms with E-state index in [0.29, 0.717) is 18.4 Å². The SMILES string of the molecule is COCC(NC(=O)c1ccccc1)C(=O)NC(CCCc1ccccc1)B(O)O. The quantitative estimate of drug-likeness (QED) is 0.422. The van der Waals surface area contributed by atoms with E-state index in [9.17, 15) is 19.6 Å². The Balaban J connectivity index is 1.92. The Hall–Kier alpha value is -2.68. The third-order valence-corrected chi connectivity index (χ3v) is 4.50. The molecule has 2 aromatic carbocycles. The number of hydrogen-bond acceptors (Lipinski definition) is 5. The van der Waals surface area contributed by atoms with Crippen molar-refractivity contribution >= 4 is 18.9 Å². The van der Waals surface area contributed by atoms with Gasteiger partial charge in [-0.2, -0.15) is 0 Å². The van der Waals surface area contributed by atoms with Gasteiger partial charge in [0.25, 0.3) is 5.91 Å². The van der Waals surface area contributed by atoms with Crippen LogP contribution in [0.2, 0.25) is 0 Å². The van der Waals surface area contributed by atoms with E-state index in [1.54, 1.807) is 30.3 Å². The molecule has 0 saturated heterocycles. The third-order valence-electron chi connectivity index (χ3n) is 4.50. The van der Waals surface area contributed by atoms with Crippen LogP contribution >= 0.6 is 0 Å². The highest BCUT2D eigenvalue weighted by atomic mass is 16.5. The fraction of sp³-hybridized carbons (Fsp3) is 0.333. The lowest BCUT2D eigenvalue weighted by Crippen LogP contribution is -2.55. The van der Waals surface area contributed by atoms with Gasteiger partial charge >= 0.3 is 7.12 Å². The molecule has 29 heavy (non-hydrogen) atoms. The molecule has 8 heteroatoms. The monoisotopic (exact) mass is 398 g/mol. The Kier molecular flexibility index (Phi) is 9.36. The van der Waals surface area contributed by atoms with Crippen molar-refractivity contribution in [2.75, 3.05) is 13.7 Å². The maximum Gasteiger partial charge on any atom is 0.475 e. The second kappa shape index (κ2) is 12.0. The molecule has 4 N–H and O–H groups in total. The Morgan fingerprint density at radius 2 is 1.62 bits per heavy atom. The van der Waals surface area contributed by atoms with Crippen molar-refractivity contribution in [3.8, 4) is 0 Å². The van der Waals surface area contributed by atoms with Crippen molar-refractivity contribution in [3.63, 3.8) is 0 Å². The molecule has 2 atom stereocenters. The van der Waals surface area contributed by atoms with Crippen LogP contribution in [0.15, 0.2) is 60.7 Å². The number of aryl methyl sites for hydroxylation is 1. The fourth-order valence-corrected chi connectivity index (χ4v) is 2.93. The molecule has 0 aliphatic carbocycles. The Labute approximate surface area is 171 Å². The molecule has 0 aliphatic heterocycles. The first kappa shape index (κ1) is 22.6. The van der Waals surface area contributed by atoms with Crippen LogP contribution in [0.1, 0.15) is 28.8 Å². The first-order valence-electron chi connectivity index (χ1n) is 9.56.